The number of thiophene rings is 1. The van der Waals surface area contributed by atoms with E-state index < -0.39 is 0 Å². The van der Waals surface area contributed by atoms with Crippen LogP contribution in [0.3, 0.4) is 0 Å². The van der Waals surface area contributed by atoms with Gasteiger partial charge >= 0.3 is 6.03 Å². The largest absolute Gasteiger partial charge is 0.491 e. The highest BCUT2D eigenvalue weighted by Gasteiger charge is 2.34. The van der Waals surface area contributed by atoms with Gasteiger partial charge in [0, 0.05) is 28.2 Å². The van der Waals surface area contributed by atoms with E-state index in [1.54, 1.807) is 40.5 Å². The van der Waals surface area contributed by atoms with E-state index in [-0.39, 0.29) is 30.6 Å². The van der Waals surface area contributed by atoms with E-state index in [0.717, 1.165) is 23.3 Å². The van der Waals surface area contributed by atoms with Gasteiger partial charge in [-0.15, -0.1) is 11.3 Å². The summed E-state index contributed by atoms with van der Waals surface area (Å²) in [5, 5.41) is 5.45. The number of fused-ring (bicyclic) bond motifs is 1. The number of carbonyl (C=O) groups is 2. The molecule has 1 N–H and O–H groups in total. The molecule has 0 bridgehead atoms. The van der Waals surface area contributed by atoms with Gasteiger partial charge in [0.25, 0.3) is 0 Å². The zero-order valence-corrected chi connectivity index (χ0v) is 21.7. The Bertz CT molecular complexity index is 1180. The van der Waals surface area contributed by atoms with Crippen LogP contribution in [0, 0.1) is 6.92 Å². The molecule has 1 aliphatic heterocycles. The van der Waals surface area contributed by atoms with Crippen LogP contribution in [0.15, 0.2) is 60.0 Å². The highest BCUT2D eigenvalue weighted by Crippen LogP contribution is 2.34. The standard InChI is InChI=1S/C27H30ClN3O3S/c1-18(2)31(27(33)29-21-6-4-5-20(28)15-21)16-26(32)30-13-11-25-23(12-14-35-25)24(30)17-34-22-9-7-19(3)8-10-22/h4-10,12,14-15,18,24H,11,13,16-17H2,1-3H3,(H,29,33)/t24-/m1/s1. The van der Waals surface area contributed by atoms with Crippen molar-refractivity contribution in [2.75, 3.05) is 25.0 Å². The number of aryl methyl sites for hydroxylation is 1. The minimum absolute atomic E-state index is 0.0232. The van der Waals surface area contributed by atoms with Crippen molar-refractivity contribution in [2.24, 2.45) is 0 Å². The second-order valence-electron chi connectivity index (χ2n) is 8.94. The molecule has 0 fully saturated rings. The van der Waals surface area contributed by atoms with E-state index >= 15 is 0 Å². The van der Waals surface area contributed by atoms with Crippen LogP contribution in [0.2, 0.25) is 5.02 Å². The topological polar surface area (TPSA) is 61.9 Å². The lowest BCUT2D eigenvalue weighted by Gasteiger charge is -2.37. The molecule has 0 saturated carbocycles. The molecule has 2 aromatic carbocycles. The van der Waals surface area contributed by atoms with Crippen LogP contribution in [0.5, 0.6) is 5.75 Å². The molecular weight excluding hydrogens is 482 g/mol. The van der Waals surface area contributed by atoms with Crippen LogP contribution in [0.25, 0.3) is 0 Å². The fraction of sp³-hybridized carbons (Fsp3) is 0.333. The molecule has 0 spiro atoms. The predicted octanol–water partition coefficient (Wildman–Crippen LogP) is 6.16. The molecule has 1 aromatic heterocycles. The zero-order valence-electron chi connectivity index (χ0n) is 20.2. The average Bonchev–Trinajstić information content (AvgIpc) is 3.31. The summed E-state index contributed by atoms with van der Waals surface area (Å²) in [7, 11) is 0. The first-order chi connectivity index (χ1) is 16.8. The third kappa shape index (κ3) is 6.16. The molecule has 1 atom stereocenters. The van der Waals surface area contributed by atoms with Gasteiger partial charge in [-0.1, -0.05) is 35.4 Å². The number of halogens is 1. The number of hydrogen-bond donors (Lipinski definition) is 1. The number of nitrogens with one attached hydrogen (secondary N) is 1. The van der Waals surface area contributed by atoms with E-state index in [4.69, 9.17) is 16.3 Å². The number of amides is 3. The second kappa shape index (κ2) is 11.1. The summed E-state index contributed by atoms with van der Waals surface area (Å²) in [5.74, 6) is 0.671. The number of hydrogen-bond acceptors (Lipinski definition) is 4. The summed E-state index contributed by atoms with van der Waals surface area (Å²) < 4.78 is 6.10. The lowest BCUT2D eigenvalue weighted by molar-refractivity contribution is -0.135. The van der Waals surface area contributed by atoms with Crippen molar-refractivity contribution in [2.45, 2.75) is 39.3 Å². The van der Waals surface area contributed by atoms with Crippen LogP contribution in [-0.4, -0.2) is 47.5 Å². The van der Waals surface area contributed by atoms with Crippen LogP contribution >= 0.6 is 22.9 Å². The van der Waals surface area contributed by atoms with Crippen LogP contribution < -0.4 is 10.1 Å². The Hall–Kier alpha value is -3.03. The lowest BCUT2D eigenvalue weighted by Crippen LogP contribution is -2.50. The number of carbonyl (C=O) groups excluding carboxylic acids is 2. The Labute approximate surface area is 215 Å². The molecule has 8 heteroatoms. The van der Waals surface area contributed by atoms with Gasteiger partial charge < -0.3 is 19.9 Å². The van der Waals surface area contributed by atoms with Gasteiger partial charge in [-0.3, -0.25) is 4.79 Å². The number of benzene rings is 2. The molecule has 35 heavy (non-hydrogen) atoms. The first-order valence-corrected chi connectivity index (χ1v) is 13.0. The monoisotopic (exact) mass is 511 g/mol. The van der Waals surface area contributed by atoms with Gasteiger partial charge in [-0.25, -0.2) is 4.79 Å². The maximum Gasteiger partial charge on any atom is 0.322 e. The van der Waals surface area contributed by atoms with Crippen molar-refractivity contribution in [1.82, 2.24) is 9.80 Å². The van der Waals surface area contributed by atoms with Crippen molar-refractivity contribution in [3.63, 3.8) is 0 Å². The molecule has 3 aromatic rings. The van der Waals surface area contributed by atoms with Crippen LogP contribution in [-0.2, 0) is 11.2 Å². The van der Waals surface area contributed by atoms with Crippen molar-refractivity contribution in [1.29, 1.82) is 0 Å². The molecule has 2 heterocycles. The number of nitrogens with zero attached hydrogens (tertiary/aromatic N) is 2. The lowest BCUT2D eigenvalue weighted by atomic mass is 10.0. The van der Waals surface area contributed by atoms with E-state index in [9.17, 15) is 9.59 Å². The summed E-state index contributed by atoms with van der Waals surface area (Å²) in [5.41, 5.74) is 2.88. The Balaban J connectivity index is 1.48. The summed E-state index contributed by atoms with van der Waals surface area (Å²) in [4.78, 5) is 31.3. The fourth-order valence-corrected chi connectivity index (χ4v) is 5.29. The quantitative estimate of drug-likeness (QED) is 0.413. The molecular formula is C27H30ClN3O3S. The van der Waals surface area contributed by atoms with E-state index in [1.807, 2.05) is 49.9 Å². The Kier molecular flexibility index (Phi) is 7.98. The van der Waals surface area contributed by atoms with Gasteiger partial charge in [0.15, 0.2) is 0 Å². The van der Waals surface area contributed by atoms with Gasteiger partial charge in [-0.2, -0.15) is 0 Å². The molecule has 1 aliphatic rings. The van der Waals surface area contributed by atoms with Crippen molar-refractivity contribution in [3.05, 3.63) is 81.0 Å². The van der Waals surface area contributed by atoms with E-state index in [0.29, 0.717) is 23.9 Å². The number of ether oxygens (including phenoxy) is 1. The Morgan fingerprint density at radius 3 is 2.69 bits per heavy atom. The zero-order chi connectivity index (χ0) is 24.9. The molecule has 4 rings (SSSR count). The van der Waals surface area contributed by atoms with Crippen LogP contribution in [0.1, 0.15) is 35.9 Å². The molecule has 184 valence electrons. The molecule has 0 radical (unpaired) electrons. The molecule has 3 amide bonds. The molecule has 0 unspecified atom stereocenters. The minimum atomic E-state index is -0.337. The maximum atomic E-state index is 13.6. The summed E-state index contributed by atoms with van der Waals surface area (Å²) >= 11 is 7.76. The molecule has 0 aliphatic carbocycles. The third-order valence-electron chi connectivity index (χ3n) is 6.11. The Morgan fingerprint density at radius 1 is 1.20 bits per heavy atom. The van der Waals surface area contributed by atoms with E-state index in [1.165, 1.54) is 4.88 Å². The summed E-state index contributed by atoms with van der Waals surface area (Å²) in [6.45, 7) is 6.76. The van der Waals surface area contributed by atoms with Crippen molar-refractivity contribution in [3.8, 4) is 5.75 Å². The molecule has 6 nitrogen and oxygen atoms in total. The van der Waals surface area contributed by atoms with Crippen molar-refractivity contribution < 1.29 is 14.3 Å². The van der Waals surface area contributed by atoms with Gasteiger partial charge in [0.1, 0.15) is 18.9 Å². The highest BCUT2D eigenvalue weighted by molar-refractivity contribution is 7.10. The second-order valence-corrected chi connectivity index (χ2v) is 10.4. The average molecular weight is 512 g/mol. The SMILES string of the molecule is Cc1ccc(OC[C@@H]2c3ccsc3CCN2C(=O)CN(C(=O)Nc2cccc(Cl)c2)C(C)C)cc1. The van der Waals surface area contributed by atoms with Gasteiger partial charge in [0.2, 0.25) is 5.91 Å². The first kappa shape index (κ1) is 25.1. The number of urea groups is 1. The van der Waals surface area contributed by atoms with Gasteiger partial charge in [0.05, 0.1) is 6.04 Å². The highest BCUT2D eigenvalue weighted by atomic mass is 35.5. The summed E-state index contributed by atoms with van der Waals surface area (Å²) in [6.07, 6.45) is 0.802. The predicted molar refractivity (Wildman–Crippen MR) is 141 cm³/mol. The fourth-order valence-electron chi connectivity index (χ4n) is 4.17. The smallest absolute Gasteiger partial charge is 0.322 e. The van der Waals surface area contributed by atoms with E-state index in [2.05, 4.69) is 16.8 Å². The molecule has 0 saturated heterocycles. The Morgan fingerprint density at radius 2 is 1.97 bits per heavy atom. The normalized spacial score (nSPS) is 15.0. The number of rotatable bonds is 7. The third-order valence-corrected chi connectivity index (χ3v) is 7.34. The minimum Gasteiger partial charge on any atom is -0.491 e. The van der Waals surface area contributed by atoms with Gasteiger partial charge in [-0.05, 0) is 74.5 Å². The van der Waals surface area contributed by atoms with Crippen LogP contribution in [0.4, 0.5) is 10.5 Å². The van der Waals surface area contributed by atoms with Crippen molar-refractivity contribution >= 4 is 40.6 Å². The first-order valence-electron chi connectivity index (χ1n) is 11.7. The summed E-state index contributed by atoms with van der Waals surface area (Å²) in [6, 6.07) is 16.2. The number of anilines is 1. The maximum absolute atomic E-state index is 13.6.